The average Bonchev–Trinajstić information content (AvgIpc) is 2.29. The molecule has 6 heteroatoms. The number of aromatic nitrogens is 2. The van der Waals surface area contributed by atoms with Crippen molar-refractivity contribution in [3.63, 3.8) is 0 Å². The summed E-state index contributed by atoms with van der Waals surface area (Å²) >= 11 is 0. The summed E-state index contributed by atoms with van der Waals surface area (Å²) in [5, 5.41) is 0. The lowest BCUT2D eigenvalue weighted by molar-refractivity contribution is 0.0995. The number of ether oxygens (including phenoxy) is 1. The first-order chi connectivity index (χ1) is 7.65. The van der Waals surface area contributed by atoms with Gasteiger partial charge in [0.05, 0.1) is 6.61 Å². The maximum atomic E-state index is 10.9. The molecule has 1 aromatic heterocycles. The highest BCUT2D eigenvalue weighted by molar-refractivity contribution is 5.90. The topological polar surface area (TPSA) is 81.3 Å². The smallest absolute Gasteiger partial charge is 0.267 e. The van der Waals surface area contributed by atoms with Crippen LogP contribution in [0.1, 0.15) is 17.4 Å². The Morgan fingerprint density at radius 1 is 1.62 bits per heavy atom. The second-order valence-electron chi connectivity index (χ2n) is 3.22. The minimum absolute atomic E-state index is 0.216. The van der Waals surface area contributed by atoms with Crippen molar-refractivity contribution >= 4 is 11.9 Å². The van der Waals surface area contributed by atoms with Crippen LogP contribution in [0.3, 0.4) is 0 Å². The summed E-state index contributed by atoms with van der Waals surface area (Å²) in [6, 6.07) is 1.49. The summed E-state index contributed by atoms with van der Waals surface area (Å²) < 4.78 is 5.21. The highest BCUT2D eigenvalue weighted by Gasteiger charge is 2.07. The van der Waals surface area contributed by atoms with E-state index in [2.05, 4.69) is 9.97 Å². The van der Waals surface area contributed by atoms with Gasteiger partial charge in [0.2, 0.25) is 5.95 Å². The molecule has 0 saturated heterocycles. The molecule has 16 heavy (non-hydrogen) atoms. The summed E-state index contributed by atoms with van der Waals surface area (Å²) in [5.41, 5.74) is 5.35. The number of nitrogens with two attached hydrogens (primary N) is 1. The normalized spacial score (nSPS) is 10.1. The van der Waals surface area contributed by atoms with Gasteiger partial charge in [-0.2, -0.15) is 0 Å². The molecule has 1 heterocycles. The fourth-order valence-electron chi connectivity index (χ4n) is 1.12. The van der Waals surface area contributed by atoms with Crippen molar-refractivity contribution in [3.8, 4) is 0 Å². The van der Waals surface area contributed by atoms with Gasteiger partial charge in [0.15, 0.2) is 0 Å². The highest BCUT2D eigenvalue weighted by atomic mass is 16.5. The van der Waals surface area contributed by atoms with Crippen molar-refractivity contribution in [3.05, 3.63) is 18.0 Å². The molecule has 0 saturated carbocycles. The van der Waals surface area contributed by atoms with Crippen LogP contribution in [0.25, 0.3) is 0 Å². The van der Waals surface area contributed by atoms with E-state index in [1.165, 1.54) is 12.3 Å². The van der Waals surface area contributed by atoms with E-state index in [0.717, 1.165) is 0 Å². The first kappa shape index (κ1) is 12.4. The maximum absolute atomic E-state index is 10.9. The Kier molecular flexibility index (Phi) is 4.65. The van der Waals surface area contributed by atoms with E-state index in [4.69, 9.17) is 10.5 Å². The summed E-state index contributed by atoms with van der Waals surface area (Å²) in [5.74, 6) is -0.0853. The van der Waals surface area contributed by atoms with Gasteiger partial charge in [-0.05, 0) is 13.0 Å². The lowest BCUT2D eigenvalue weighted by atomic mass is 10.4. The number of rotatable bonds is 6. The third-order valence-corrected chi connectivity index (χ3v) is 2.01. The van der Waals surface area contributed by atoms with Crippen LogP contribution in [0, 0.1) is 0 Å². The molecule has 6 nitrogen and oxygen atoms in total. The highest BCUT2D eigenvalue weighted by Crippen LogP contribution is 2.04. The van der Waals surface area contributed by atoms with Crippen molar-refractivity contribution in [1.82, 2.24) is 9.97 Å². The van der Waals surface area contributed by atoms with Crippen LogP contribution in [0.4, 0.5) is 5.95 Å². The van der Waals surface area contributed by atoms with Crippen LogP contribution in [0.15, 0.2) is 12.3 Å². The molecule has 1 aromatic rings. The van der Waals surface area contributed by atoms with Gasteiger partial charge in [0, 0.05) is 26.4 Å². The van der Waals surface area contributed by atoms with Crippen LogP contribution < -0.4 is 10.6 Å². The summed E-state index contributed by atoms with van der Waals surface area (Å²) in [6.07, 6.45) is 1.51. The number of amides is 1. The minimum atomic E-state index is -0.554. The maximum Gasteiger partial charge on any atom is 0.267 e. The van der Waals surface area contributed by atoms with Crippen LogP contribution in [-0.2, 0) is 4.74 Å². The minimum Gasteiger partial charge on any atom is -0.380 e. The third kappa shape index (κ3) is 3.47. The Hall–Kier alpha value is -1.69. The molecule has 0 spiro atoms. The standard InChI is InChI=1S/C10H16N4O2/c1-3-16-7-6-14(2)10-12-5-4-8(13-10)9(11)15/h4-5H,3,6-7H2,1-2H3,(H2,11,15). The largest absolute Gasteiger partial charge is 0.380 e. The summed E-state index contributed by atoms with van der Waals surface area (Å²) in [7, 11) is 1.83. The fourth-order valence-corrected chi connectivity index (χ4v) is 1.12. The molecule has 1 amide bonds. The van der Waals surface area contributed by atoms with Crippen LogP contribution in [0.2, 0.25) is 0 Å². The molecule has 2 N–H and O–H groups in total. The molecule has 0 bridgehead atoms. The molecule has 0 atom stereocenters. The Morgan fingerprint density at radius 3 is 3.00 bits per heavy atom. The second-order valence-corrected chi connectivity index (χ2v) is 3.22. The predicted octanol–water partition coefficient (Wildman–Crippen LogP) is 0.0482. The number of carbonyl (C=O) groups excluding carboxylic acids is 1. The van der Waals surface area contributed by atoms with E-state index in [1.807, 2.05) is 18.9 Å². The van der Waals surface area contributed by atoms with E-state index >= 15 is 0 Å². The Bertz CT molecular complexity index is 356. The van der Waals surface area contributed by atoms with Crippen LogP contribution >= 0.6 is 0 Å². The molecule has 0 aliphatic carbocycles. The van der Waals surface area contributed by atoms with Crippen LogP contribution in [0.5, 0.6) is 0 Å². The fraction of sp³-hybridized carbons (Fsp3) is 0.500. The van der Waals surface area contributed by atoms with Crippen molar-refractivity contribution in [2.75, 3.05) is 31.7 Å². The SMILES string of the molecule is CCOCCN(C)c1nccc(C(N)=O)n1. The first-order valence-electron chi connectivity index (χ1n) is 5.07. The van der Waals surface area contributed by atoms with E-state index < -0.39 is 5.91 Å². The summed E-state index contributed by atoms with van der Waals surface area (Å²) in [6.45, 7) is 3.87. The number of carbonyl (C=O) groups is 1. The van der Waals surface area contributed by atoms with Gasteiger partial charge in [-0.3, -0.25) is 4.79 Å². The zero-order chi connectivity index (χ0) is 12.0. The van der Waals surface area contributed by atoms with E-state index in [-0.39, 0.29) is 5.69 Å². The second kappa shape index (κ2) is 6.02. The van der Waals surface area contributed by atoms with Gasteiger partial charge in [-0.1, -0.05) is 0 Å². The Morgan fingerprint density at radius 2 is 2.38 bits per heavy atom. The number of anilines is 1. The summed E-state index contributed by atoms with van der Waals surface area (Å²) in [4.78, 5) is 20.8. The van der Waals surface area contributed by atoms with Gasteiger partial charge < -0.3 is 15.4 Å². The molecule has 0 unspecified atom stereocenters. The van der Waals surface area contributed by atoms with Crippen molar-refractivity contribution in [2.45, 2.75) is 6.92 Å². The van der Waals surface area contributed by atoms with Gasteiger partial charge in [-0.15, -0.1) is 0 Å². The van der Waals surface area contributed by atoms with Gasteiger partial charge in [0.1, 0.15) is 5.69 Å². The lowest BCUT2D eigenvalue weighted by Crippen LogP contribution is -2.25. The average molecular weight is 224 g/mol. The third-order valence-electron chi connectivity index (χ3n) is 2.01. The first-order valence-corrected chi connectivity index (χ1v) is 5.07. The molecular weight excluding hydrogens is 208 g/mol. The van der Waals surface area contributed by atoms with Gasteiger partial charge >= 0.3 is 0 Å². The molecular formula is C10H16N4O2. The van der Waals surface area contributed by atoms with E-state index in [1.54, 1.807) is 0 Å². The quantitative estimate of drug-likeness (QED) is 0.690. The van der Waals surface area contributed by atoms with Gasteiger partial charge in [-0.25, -0.2) is 9.97 Å². The number of likely N-dealkylation sites (N-methyl/N-ethyl adjacent to an activating group) is 1. The number of nitrogens with zero attached hydrogens (tertiary/aromatic N) is 3. The molecule has 0 radical (unpaired) electrons. The van der Waals surface area contributed by atoms with Crippen LogP contribution in [-0.4, -0.2) is 42.7 Å². The molecule has 0 aliphatic heterocycles. The number of primary amides is 1. The van der Waals surface area contributed by atoms with E-state index in [0.29, 0.717) is 25.7 Å². The zero-order valence-electron chi connectivity index (χ0n) is 9.51. The predicted molar refractivity (Wildman–Crippen MR) is 60.3 cm³/mol. The van der Waals surface area contributed by atoms with Crippen molar-refractivity contribution in [2.24, 2.45) is 5.73 Å². The van der Waals surface area contributed by atoms with Crippen molar-refractivity contribution in [1.29, 1.82) is 0 Å². The number of hydrogen-bond donors (Lipinski definition) is 1. The zero-order valence-corrected chi connectivity index (χ0v) is 9.51. The molecule has 0 aromatic carbocycles. The molecule has 0 aliphatic rings. The van der Waals surface area contributed by atoms with E-state index in [9.17, 15) is 4.79 Å². The Labute approximate surface area is 94.4 Å². The van der Waals surface area contributed by atoms with Gasteiger partial charge in [0.25, 0.3) is 5.91 Å². The lowest BCUT2D eigenvalue weighted by Gasteiger charge is -2.16. The molecule has 1 rings (SSSR count). The van der Waals surface area contributed by atoms with Crippen molar-refractivity contribution < 1.29 is 9.53 Å². The molecule has 88 valence electrons. The molecule has 0 fully saturated rings. The number of hydrogen-bond acceptors (Lipinski definition) is 5. The Balaban J connectivity index is 2.64. The monoisotopic (exact) mass is 224 g/mol.